The summed E-state index contributed by atoms with van der Waals surface area (Å²) >= 11 is 3.36. The number of ether oxygens (including phenoxy) is 1. The zero-order valence-electron chi connectivity index (χ0n) is 14.0. The maximum Gasteiger partial charge on any atom is 0.262 e. The molecule has 0 radical (unpaired) electrons. The summed E-state index contributed by atoms with van der Waals surface area (Å²) in [6, 6.07) is 14.0. The summed E-state index contributed by atoms with van der Waals surface area (Å²) in [5.74, 6) is 0.213. The minimum absolute atomic E-state index is 0.0174. The lowest BCUT2D eigenvalue weighted by molar-refractivity contribution is -0.118. The SMILES string of the molecule is CC(=O)c1ccc(OCC(=O)Nc2ccccc2-n2cc(Br)cn2)cc1. The predicted molar refractivity (Wildman–Crippen MR) is 102 cm³/mol. The van der Waals surface area contributed by atoms with Gasteiger partial charge in [-0.05, 0) is 59.3 Å². The summed E-state index contributed by atoms with van der Waals surface area (Å²) < 4.78 is 7.98. The number of carbonyl (C=O) groups is 2. The standard InChI is InChI=1S/C19H16BrN3O3/c1-13(24)14-6-8-16(9-7-14)26-12-19(25)22-17-4-2-3-5-18(17)23-11-15(20)10-21-23/h2-11H,12H2,1H3,(H,22,25). The first-order valence-corrected chi connectivity index (χ1v) is 8.65. The van der Waals surface area contributed by atoms with Crippen molar-refractivity contribution in [2.24, 2.45) is 0 Å². The monoisotopic (exact) mass is 413 g/mol. The van der Waals surface area contributed by atoms with Gasteiger partial charge in [0.05, 0.1) is 22.0 Å². The quantitative estimate of drug-likeness (QED) is 0.622. The minimum atomic E-state index is -0.292. The van der Waals surface area contributed by atoms with Crippen molar-refractivity contribution in [2.75, 3.05) is 11.9 Å². The maximum atomic E-state index is 12.2. The molecule has 0 atom stereocenters. The van der Waals surface area contributed by atoms with Crippen LogP contribution in [0.3, 0.4) is 0 Å². The van der Waals surface area contributed by atoms with Crippen molar-refractivity contribution < 1.29 is 14.3 Å². The van der Waals surface area contributed by atoms with Crippen LogP contribution >= 0.6 is 15.9 Å². The fourth-order valence-corrected chi connectivity index (χ4v) is 2.62. The van der Waals surface area contributed by atoms with Crippen LogP contribution in [0.25, 0.3) is 5.69 Å². The first-order chi connectivity index (χ1) is 12.5. The van der Waals surface area contributed by atoms with Gasteiger partial charge in [0, 0.05) is 11.8 Å². The number of halogens is 1. The highest BCUT2D eigenvalue weighted by atomic mass is 79.9. The van der Waals surface area contributed by atoms with E-state index < -0.39 is 0 Å². The first-order valence-electron chi connectivity index (χ1n) is 7.86. The summed E-state index contributed by atoms with van der Waals surface area (Å²) in [6.07, 6.45) is 3.48. The molecule has 0 fully saturated rings. The van der Waals surface area contributed by atoms with Crippen LogP contribution < -0.4 is 10.1 Å². The van der Waals surface area contributed by atoms with Gasteiger partial charge in [-0.25, -0.2) is 4.68 Å². The molecule has 1 amide bonds. The molecular formula is C19H16BrN3O3. The summed E-state index contributed by atoms with van der Waals surface area (Å²) in [4.78, 5) is 23.5. The summed E-state index contributed by atoms with van der Waals surface area (Å²) in [7, 11) is 0. The van der Waals surface area contributed by atoms with Crippen LogP contribution in [0, 0.1) is 0 Å². The number of nitrogens with zero attached hydrogens (tertiary/aromatic N) is 2. The number of para-hydroxylation sites is 2. The van der Waals surface area contributed by atoms with E-state index in [2.05, 4.69) is 26.3 Å². The Bertz CT molecular complexity index is 935. The highest BCUT2D eigenvalue weighted by Gasteiger charge is 2.10. The van der Waals surface area contributed by atoms with E-state index in [9.17, 15) is 9.59 Å². The summed E-state index contributed by atoms with van der Waals surface area (Å²) in [5.41, 5.74) is 1.97. The molecule has 3 rings (SSSR count). The molecular weight excluding hydrogens is 398 g/mol. The molecule has 2 aromatic carbocycles. The molecule has 1 aromatic heterocycles. The van der Waals surface area contributed by atoms with Crippen LogP contribution in [-0.4, -0.2) is 28.1 Å². The Morgan fingerprint density at radius 3 is 2.54 bits per heavy atom. The second-order valence-corrected chi connectivity index (χ2v) is 6.45. The van der Waals surface area contributed by atoms with E-state index in [0.717, 1.165) is 10.2 Å². The van der Waals surface area contributed by atoms with Crippen molar-refractivity contribution in [3.8, 4) is 11.4 Å². The van der Waals surface area contributed by atoms with Gasteiger partial charge < -0.3 is 10.1 Å². The average Bonchev–Trinajstić information content (AvgIpc) is 3.07. The Kier molecular flexibility index (Phi) is 5.48. The largest absolute Gasteiger partial charge is 0.484 e. The lowest BCUT2D eigenvalue weighted by Gasteiger charge is -2.11. The van der Waals surface area contributed by atoms with E-state index in [-0.39, 0.29) is 18.3 Å². The number of hydrogen-bond acceptors (Lipinski definition) is 4. The van der Waals surface area contributed by atoms with Crippen molar-refractivity contribution in [1.82, 2.24) is 9.78 Å². The number of anilines is 1. The van der Waals surface area contributed by atoms with Crippen LogP contribution in [0.15, 0.2) is 65.4 Å². The minimum Gasteiger partial charge on any atom is -0.484 e. The van der Waals surface area contributed by atoms with E-state index in [1.165, 1.54) is 6.92 Å². The van der Waals surface area contributed by atoms with Gasteiger partial charge in [0.15, 0.2) is 12.4 Å². The molecule has 6 nitrogen and oxygen atoms in total. The van der Waals surface area contributed by atoms with Gasteiger partial charge in [-0.2, -0.15) is 5.10 Å². The Balaban J connectivity index is 1.64. The second-order valence-electron chi connectivity index (χ2n) is 5.54. The third kappa shape index (κ3) is 4.37. The van der Waals surface area contributed by atoms with E-state index in [4.69, 9.17) is 4.74 Å². The molecule has 1 N–H and O–H groups in total. The van der Waals surface area contributed by atoms with E-state index in [1.54, 1.807) is 47.4 Å². The van der Waals surface area contributed by atoms with Gasteiger partial charge in [0.25, 0.3) is 5.91 Å². The van der Waals surface area contributed by atoms with E-state index in [0.29, 0.717) is 17.0 Å². The molecule has 0 spiro atoms. The molecule has 0 aliphatic heterocycles. The zero-order valence-corrected chi connectivity index (χ0v) is 15.6. The molecule has 0 aliphatic rings. The van der Waals surface area contributed by atoms with Crippen LogP contribution in [0.4, 0.5) is 5.69 Å². The number of hydrogen-bond donors (Lipinski definition) is 1. The highest BCUT2D eigenvalue weighted by Crippen LogP contribution is 2.21. The van der Waals surface area contributed by atoms with Crippen molar-refractivity contribution in [3.05, 3.63) is 71.0 Å². The van der Waals surface area contributed by atoms with Crippen molar-refractivity contribution >= 4 is 33.3 Å². The molecule has 132 valence electrons. The maximum absolute atomic E-state index is 12.2. The van der Waals surface area contributed by atoms with E-state index >= 15 is 0 Å². The molecule has 26 heavy (non-hydrogen) atoms. The number of rotatable bonds is 6. The smallest absolute Gasteiger partial charge is 0.262 e. The van der Waals surface area contributed by atoms with Crippen LogP contribution in [0.1, 0.15) is 17.3 Å². The van der Waals surface area contributed by atoms with Crippen molar-refractivity contribution in [2.45, 2.75) is 6.92 Å². The molecule has 1 heterocycles. The second kappa shape index (κ2) is 7.97. The molecule has 0 bridgehead atoms. The van der Waals surface area contributed by atoms with Crippen LogP contribution in [-0.2, 0) is 4.79 Å². The van der Waals surface area contributed by atoms with Gasteiger partial charge in [0.1, 0.15) is 5.75 Å². The first kappa shape index (κ1) is 17.9. The number of aromatic nitrogens is 2. The summed E-state index contributed by atoms with van der Waals surface area (Å²) in [6.45, 7) is 1.36. The molecule has 0 aliphatic carbocycles. The third-order valence-electron chi connectivity index (χ3n) is 3.61. The fourth-order valence-electron chi connectivity index (χ4n) is 2.33. The van der Waals surface area contributed by atoms with E-state index in [1.807, 2.05) is 18.2 Å². The predicted octanol–water partition coefficient (Wildman–Crippen LogP) is 3.85. The third-order valence-corrected chi connectivity index (χ3v) is 4.02. The van der Waals surface area contributed by atoms with Crippen molar-refractivity contribution in [3.63, 3.8) is 0 Å². The van der Waals surface area contributed by atoms with Gasteiger partial charge in [0.2, 0.25) is 0 Å². The topological polar surface area (TPSA) is 73.2 Å². The molecule has 7 heteroatoms. The fraction of sp³-hybridized carbons (Fsp3) is 0.105. The van der Waals surface area contributed by atoms with Crippen LogP contribution in [0.5, 0.6) is 5.75 Å². The Hall–Kier alpha value is -2.93. The normalized spacial score (nSPS) is 10.4. The molecule has 0 saturated heterocycles. The van der Waals surface area contributed by atoms with Crippen molar-refractivity contribution in [1.29, 1.82) is 0 Å². The number of nitrogens with one attached hydrogen (secondary N) is 1. The number of benzene rings is 2. The lowest BCUT2D eigenvalue weighted by Crippen LogP contribution is -2.21. The van der Waals surface area contributed by atoms with Crippen LogP contribution in [0.2, 0.25) is 0 Å². The lowest BCUT2D eigenvalue weighted by atomic mass is 10.1. The Morgan fingerprint density at radius 1 is 1.15 bits per heavy atom. The van der Waals surface area contributed by atoms with Gasteiger partial charge in [-0.1, -0.05) is 12.1 Å². The number of amides is 1. The molecule has 0 unspecified atom stereocenters. The molecule has 0 saturated carbocycles. The molecule has 3 aromatic rings. The summed E-state index contributed by atoms with van der Waals surface area (Å²) in [5, 5.41) is 7.05. The highest BCUT2D eigenvalue weighted by molar-refractivity contribution is 9.10. The number of carbonyl (C=O) groups excluding carboxylic acids is 2. The van der Waals surface area contributed by atoms with Gasteiger partial charge in [-0.15, -0.1) is 0 Å². The number of Topliss-reactive ketones (excluding diaryl/α,β-unsaturated/α-hetero) is 1. The van der Waals surface area contributed by atoms with Gasteiger partial charge >= 0.3 is 0 Å². The zero-order chi connectivity index (χ0) is 18.5. The Labute approximate surface area is 158 Å². The Morgan fingerprint density at radius 2 is 1.88 bits per heavy atom. The van der Waals surface area contributed by atoms with Gasteiger partial charge in [-0.3, -0.25) is 9.59 Å². The average molecular weight is 414 g/mol. The number of ketones is 1.